The van der Waals surface area contributed by atoms with Gasteiger partial charge in [-0.3, -0.25) is 0 Å². The molecular formula is C8H22NO6Ti+. The molecule has 0 saturated heterocycles. The number of quaternary nitrogens is 1. The zero-order valence-electron chi connectivity index (χ0n) is 9.54. The maximum absolute atomic E-state index is 8.81. The Morgan fingerprint density at radius 2 is 1.19 bits per heavy atom. The Kier molecular flexibility index (Phi) is 13.7. The predicted octanol–water partition coefficient (Wildman–Crippen LogP) is -2.44. The molecule has 0 saturated carbocycles. The van der Waals surface area contributed by atoms with Crippen LogP contribution in [0.5, 0.6) is 0 Å². The van der Waals surface area contributed by atoms with Gasteiger partial charge in [0.15, 0.2) is 0 Å². The summed E-state index contributed by atoms with van der Waals surface area (Å²) in [6.07, 6.45) is 0. The van der Waals surface area contributed by atoms with Crippen molar-refractivity contribution >= 4 is 0 Å². The van der Waals surface area contributed by atoms with Crippen molar-refractivity contribution in [2.45, 2.75) is 6.92 Å². The minimum absolute atomic E-state index is 0.105. The van der Waals surface area contributed by atoms with Crippen LogP contribution in [-0.4, -0.2) is 73.2 Å². The summed E-state index contributed by atoms with van der Waals surface area (Å²) in [5.74, 6) is 0. The van der Waals surface area contributed by atoms with Crippen molar-refractivity contribution in [3.63, 3.8) is 0 Å². The van der Waals surface area contributed by atoms with Crippen LogP contribution in [0.2, 0.25) is 0 Å². The molecule has 0 aliphatic carbocycles. The van der Waals surface area contributed by atoms with Gasteiger partial charge in [0, 0.05) is 0 Å². The summed E-state index contributed by atoms with van der Waals surface area (Å²) in [5, 5.41) is 26.4. The Hall–Kier alpha value is 0.274. The van der Waals surface area contributed by atoms with E-state index in [1.54, 1.807) is 0 Å². The molecule has 0 aromatic rings. The monoisotopic (exact) mass is 276 g/mol. The number of rotatable bonds is 7. The van der Waals surface area contributed by atoms with E-state index in [9.17, 15) is 0 Å². The summed E-state index contributed by atoms with van der Waals surface area (Å²) in [4.78, 5) is 0. The van der Waals surface area contributed by atoms with Crippen molar-refractivity contribution in [3.05, 3.63) is 0 Å². The zero-order chi connectivity index (χ0) is 13.0. The fourth-order valence-corrected chi connectivity index (χ4v) is 1.45. The fourth-order valence-electron chi connectivity index (χ4n) is 1.45. The average Bonchev–Trinajstić information content (AvgIpc) is 2.18. The second-order valence-electron chi connectivity index (χ2n) is 3.28. The van der Waals surface area contributed by atoms with E-state index in [0.717, 1.165) is 6.54 Å². The molecule has 0 unspecified atom stereocenters. The van der Waals surface area contributed by atoms with Crippen LogP contribution in [-0.2, 0) is 21.9 Å². The van der Waals surface area contributed by atoms with E-state index in [2.05, 4.69) is 0 Å². The molecule has 0 atom stereocenters. The van der Waals surface area contributed by atoms with Gasteiger partial charge in [-0.1, -0.05) is 0 Å². The molecular weight excluding hydrogens is 254 g/mol. The van der Waals surface area contributed by atoms with Crippen LogP contribution in [0.4, 0.5) is 0 Å². The summed E-state index contributed by atoms with van der Waals surface area (Å²) in [7, 11) is 0. The van der Waals surface area contributed by atoms with Crippen LogP contribution in [0.1, 0.15) is 6.92 Å². The van der Waals surface area contributed by atoms with Gasteiger partial charge >= 0.3 is 29.3 Å². The van der Waals surface area contributed by atoms with Gasteiger partial charge in [-0.15, -0.1) is 0 Å². The SMILES string of the molecule is CC[N+](CCO)(CCO)CCO.[O]=[Ti]([OH])[OH]. The van der Waals surface area contributed by atoms with E-state index in [1.807, 2.05) is 6.92 Å². The first-order valence-corrected chi connectivity index (χ1v) is 7.11. The number of aliphatic hydroxyl groups is 3. The molecule has 5 N–H and O–H groups in total. The first kappa shape index (κ1) is 18.6. The van der Waals surface area contributed by atoms with Crippen LogP contribution in [0, 0.1) is 0 Å². The van der Waals surface area contributed by atoms with E-state index in [0.29, 0.717) is 24.1 Å². The van der Waals surface area contributed by atoms with Crippen LogP contribution in [0.25, 0.3) is 0 Å². The number of aliphatic hydroxyl groups excluding tert-OH is 3. The first-order chi connectivity index (χ1) is 7.47. The molecule has 16 heavy (non-hydrogen) atoms. The topological polar surface area (TPSA) is 118 Å². The van der Waals surface area contributed by atoms with E-state index < -0.39 is 18.6 Å². The van der Waals surface area contributed by atoms with Crippen molar-refractivity contribution < 1.29 is 49.1 Å². The third kappa shape index (κ3) is 10.8. The van der Waals surface area contributed by atoms with Gasteiger partial charge in [-0.25, -0.2) is 0 Å². The number of hydrogen-bond donors (Lipinski definition) is 5. The maximum atomic E-state index is 8.81. The molecule has 8 heteroatoms. The van der Waals surface area contributed by atoms with Gasteiger partial charge in [0.1, 0.15) is 19.6 Å². The number of likely N-dealkylation sites (N-methyl/N-ethyl adjacent to an activating group) is 1. The second kappa shape index (κ2) is 11.8. The van der Waals surface area contributed by atoms with Crippen molar-refractivity contribution in [3.8, 4) is 0 Å². The molecule has 7 nitrogen and oxygen atoms in total. The van der Waals surface area contributed by atoms with Gasteiger partial charge in [-0.05, 0) is 6.92 Å². The standard InChI is InChI=1S/C8H20NO3.2H2O.O.Ti/c1-2-9(3-6-10,4-7-11)5-8-12;;;;/h10-12H,2-8H2,1H3;2*1H2;;/q+1;;;;+2/p-2. The summed E-state index contributed by atoms with van der Waals surface area (Å²) in [6.45, 7) is 4.98. The summed E-state index contributed by atoms with van der Waals surface area (Å²) in [5.41, 5.74) is 0. The molecule has 0 heterocycles. The third-order valence-corrected chi connectivity index (χ3v) is 2.39. The molecule has 0 aromatic heterocycles. The van der Waals surface area contributed by atoms with Crippen molar-refractivity contribution in [1.82, 2.24) is 0 Å². The normalized spacial score (nSPS) is 10.6. The van der Waals surface area contributed by atoms with E-state index >= 15 is 0 Å². The second-order valence-corrected chi connectivity index (χ2v) is 4.16. The molecule has 0 amide bonds. The van der Waals surface area contributed by atoms with Crippen molar-refractivity contribution in [1.29, 1.82) is 0 Å². The molecule has 0 radical (unpaired) electrons. The summed E-state index contributed by atoms with van der Waals surface area (Å²) < 4.78 is 23.9. The Morgan fingerprint density at radius 1 is 0.938 bits per heavy atom. The van der Waals surface area contributed by atoms with E-state index in [1.165, 1.54) is 0 Å². The van der Waals surface area contributed by atoms with Crippen molar-refractivity contribution in [2.24, 2.45) is 0 Å². The van der Waals surface area contributed by atoms with Crippen molar-refractivity contribution in [2.75, 3.05) is 46.0 Å². The van der Waals surface area contributed by atoms with Gasteiger partial charge in [0.05, 0.1) is 26.4 Å². The first-order valence-electron chi connectivity index (χ1n) is 5.07. The quantitative estimate of drug-likeness (QED) is 0.260. The molecule has 0 aliphatic heterocycles. The summed E-state index contributed by atoms with van der Waals surface area (Å²) >= 11 is -3.58. The Bertz CT molecular complexity index is 159. The number of nitrogens with zero attached hydrogens (tertiary/aromatic N) is 1. The molecule has 0 aromatic carbocycles. The fraction of sp³-hybridized carbons (Fsp3) is 1.00. The Morgan fingerprint density at radius 3 is 1.31 bits per heavy atom. The van der Waals surface area contributed by atoms with Crippen LogP contribution in [0.15, 0.2) is 0 Å². The Balaban J connectivity index is 0. The van der Waals surface area contributed by atoms with E-state index in [4.69, 9.17) is 26.0 Å². The molecule has 0 spiro atoms. The predicted molar refractivity (Wildman–Crippen MR) is 51.8 cm³/mol. The molecule has 0 rings (SSSR count). The molecule has 0 aliphatic rings. The van der Waals surface area contributed by atoms with Crippen LogP contribution in [0.3, 0.4) is 0 Å². The minimum atomic E-state index is -3.58. The number of hydrogen-bond acceptors (Lipinski definition) is 4. The third-order valence-electron chi connectivity index (χ3n) is 2.39. The zero-order valence-corrected chi connectivity index (χ0v) is 11.1. The molecule has 98 valence electrons. The van der Waals surface area contributed by atoms with Crippen LogP contribution >= 0.6 is 0 Å². The van der Waals surface area contributed by atoms with Gasteiger partial charge < -0.3 is 19.8 Å². The summed E-state index contributed by atoms with van der Waals surface area (Å²) in [6, 6.07) is 0. The van der Waals surface area contributed by atoms with Gasteiger partial charge in [-0.2, -0.15) is 0 Å². The average molecular weight is 276 g/mol. The van der Waals surface area contributed by atoms with Gasteiger partial charge in [0.25, 0.3) is 0 Å². The van der Waals surface area contributed by atoms with Gasteiger partial charge in [0.2, 0.25) is 0 Å². The molecule has 0 bridgehead atoms. The Labute approximate surface area is 102 Å². The van der Waals surface area contributed by atoms with Crippen LogP contribution < -0.4 is 0 Å². The molecule has 0 fully saturated rings. The van der Waals surface area contributed by atoms with E-state index in [-0.39, 0.29) is 19.8 Å².